The molecule has 1 N–H and O–H groups in total. The smallest absolute Gasteiger partial charge is 0.275 e. The summed E-state index contributed by atoms with van der Waals surface area (Å²) in [4.78, 5) is 48.3. The number of fused-ring (bicyclic) bond motifs is 5. The summed E-state index contributed by atoms with van der Waals surface area (Å²) < 4.78 is 36.0. The Kier molecular flexibility index (Phi) is 7.75. The summed E-state index contributed by atoms with van der Waals surface area (Å²) in [6.45, 7) is 3.85. The van der Waals surface area contributed by atoms with Crippen LogP contribution in [0.3, 0.4) is 0 Å². The van der Waals surface area contributed by atoms with Crippen LogP contribution in [0.2, 0.25) is 5.02 Å². The summed E-state index contributed by atoms with van der Waals surface area (Å²) in [7, 11) is 0. The van der Waals surface area contributed by atoms with Gasteiger partial charge in [0.05, 0.1) is 12.6 Å². The van der Waals surface area contributed by atoms with Crippen molar-refractivity contribution in [1.29, 1.82) is 0 Å². The van der Waals surface area contributed by atoms with Gasteiger partial charge in [-0.25, -0.2) is 8.78 Å². The van der Waals surface area contributed by atoms with Gasteiger partial charge in [0.25, 0.3) is 11.8 Å². The number of benzene rings is 1. The van der Waals surface area contributed by atoms with Crippen LogP contribution >= 0.6 is 27.5 Å². The molecule has 3 aliphatic rings. The highest BCUT2D eigenvalue weighted by atomic mass is 79.9. The van der Waals surface area contributed by atoms with Gasteiger partial charge in [0.15, 0.2) is 17.0 Å². The van der Waals surface area contributed by atoms with Crippen molar-refractivity contribution >= 4 is 44.0 Å². The number of aromatic nitrogens is 1. The molecule has 0 saturated carbocycles. The van der Waals surface area contributed by atoms with Crippen molar-refractivity contribution in [2.45, 2.75) is 57.3 Å². The Labute approximate surface area is 241 Å². The molecule has 4 heterocycles. The molecule has 0 radical (unpaired) electrons. The fourth-order valence-corrected chi connectivity index (χ4v) is 5.79. The van der Waals surface area contributed by atoms with Crippen LogP contribution in [-0.4, -0.2) is 50.7 Å². The van der Waals surface area contributed by atoms with Crippen molar-refractivity contribution in [1.82, 2.24) is 14.8 Å². The van der Waals surface area contributed by atoms with E-state index in [0.29, 0.717) is 17.5 Å². The van der Waals surface area contributed by atoms with Crippen LogP contribution in [0.15, 0.2) is 40.4 Å². The van der Waals surface area contributed by atoms with Gasteiger partial charge in [-0.3, -0.25) is 14.4 Å². The molecule has 9 nitrogen and oxygen atoms in total. The van der Waals surface area contributed by atoms with Crippen molar-refractivity contribution in [3.05, 3.63) is 74.2 Å². The van der Waals surface area contributed by atoms with E-state index in [4.69, 9.17) is 21.2 Å². The Morgan fingerprint density at radius 3 is 2.83 bits per heavy atom. The molecule has 40 heavy (non-hydrogen) atoms. The molecule has 1 aromatic carbocycles. The minimum Gasteiger partial charge on any atom is -0.487 e. The number of carbonyl (C=O) groups is 2. The van der Waals surface area contributed by atoms with Crippen molar-refractivity contribution in [3.63, 3.8) is 0 Å². The number of halogens is 4. The summed E-state index contributed by atoms with van der Waals surface area (Å²) >= 11 is 9.05. The molecule has 2 bridgehead atoms. The third kappa shape index (κ3) is 4.81. The van der Waals surface area contributed by atoms with E-state index in [9.17, 15) is 23.2 Å². The fourth-order valence-electron chi connectivity index (χ4n) is 5.10. The number of hydrogen-bond donors (Lipinski definition) is 1. The summed E-state index contributed by atoms with van der Waals surface area (Å²) in [5, 5.41) is 5.89. The Hall–Kier alpha value is -3.25. The number of oxime groups is 1. The van der Waals surface area contributed by atoms with Crippen LogP contribution < -0.4 is 15.5 Å². The Morgan fingerprint density at radius 1 is 1.35 bits per heavy atom. The van der Waals surface area contributed by atoms with Crippen molar-refractivity contribution in [3.8, 4) is 5.75 Å². The van der Waals surface area contributed by atoms with E-state index in [1.807, 2.05) is 26.0 Å². The number of ether oxygens (including phenoxy) is 1. The first-order chi connectivity index (χ1) is 19.1. The molecule has 3 atom stereocenters. The molecule has 2 amide bonds. The standard InChI is InChI=1S/C27H26BrClF2N4O5/c1-3-4-9-39-24-22-26(38)34-13-18(27(8-7-14(34)2)10-19(28)33-40-27)35(22)12-16(23(24)36)25(37)32-11-15-5-6-17(30)20(29)21(15)31/h5-8,12,14,18H,3-4,9-11,13H2,1-2H3,(H,32,37)/t14-,18+,27-/m0/s1. The quantitative estimate of drug-likeness (QED) is 0.269. The molecule has 5 rings (SSSR count). The number of pyridine rings is 1. The maximum atomic E-state index is 14.4. The molecule has 0 saturated heterocycles. The average molecular weight is 640 g/mol. The molecule has 0 unspecified atom stereocenters. The Balaban J connectivity index is 1.60. The highest BCUT2D eigenvalue weighted by molar-refractivity contribution is 9.18. The highest BCUT2D eigenvalue weighted by Gasteiger charge is 2.52. The molecule has 0 aliphatic carbocycles. The number of nitrogens with one attached hydrogen (secondary N) is 1. The average Bonchev–Trinajstić information content (AvgIpc) is 3.26. The molecule has 0 fully saturated rings. The number of unbranched alkanes of at least 4 members (excludes halogenated alkanes) is 1. The fraction of sp³-hybridized carbons (Fsp3) is 0.407. The number of rotatable bonds is 7. The second-order valence-electron chi connectivity index (χ2n) is 9.94. The SMILES string of the molecule is CCCCOc1c2n(cc(C(=O)NCc3ccc(F)c(Cl)c3F)c1=O)[C@@H]1CN(C2=O)[C@@H](C)C=C[C@]12CC(Br)=NO2. The van der Waals surface area contributed by atoms with Crippen molar-refractivity contribution < 1.29 is 27.9 Å². The first-order valence-electron chi connectivity index (χ1n) is 12.8. The molecular formula is C27H26BrClF2N4O5. The molecule has 2 aromatic rings. The lowest BCUT2D eigenvalue weighted by Gasteiger charge is -2.42. The number of hydrogen-bond acceptors (Lipinski definition) is 6. The van der Waals surface area contributed by atoms with E-state index in [2.05, 4.69) is 26.4 Å². The number of carbonyl (C=O) groups excluding carboxylic acids is 2. The van der Waals surface area contributed by atoms with Gasteiger partial charge in [-0.2, -0.15) is 0 Å². The van der Waals surface area contributed by atoms with Crippen LogP contribution in [-0.2, 0) is 11.4 Å². The lowest BCUT2D eigenvalue weighted by molar-refractivity contribution is -0.0317. The van der Waals surface area contributed by atoms with Crippen LogP contribution in [0.1, 0.15) is 65.6 Å². The third-order valence-electron chi connectivity index (χ3n) is 7.35. The minimum atomic E-state index is -1.01. The second-order valence-corrected chi connectivity index (χ2v) is 11.2. The number of nitrogens with zero attached hydrogens (tertiary/aromatic N) is 3. The molecule has 13 heteroatoms. The lowest BCUT2D eigenvalue weighted by atomic mass is 9.89. The van der Waals surface area contributed by atoms with E-state index in [-0.39, 0.29) is 48.3 Å². The zero-order chi connectivity index (χ0) is 28.8. The topological polar surface area (TPSA) is 102 Å². The first kappa shape index (κ1) is 28.3. The summed E-state index contributed by atoms with van der Waals surface area (Å²) in [5.41, 5.74) is -2.11. The maximum Gasteiger partial charge on any atom is 0.275 e. The largest absolute Gasteiger partial charge is 0.487 e. The van der Waals surface area contributed by atoms with Crippen LogP contribution in [0.4, 0.5) is 8.78 Å². The van der Waals surface area contributed by atoms with Gasteiger partial charge in [-0.1, -0.05) is 42.2 Å². The summed E-state index contributed by atoms with van der Waals surface area (Å²) in [6.07, 6.45) is 6.80. The Bertz CT molecular complexity index is 1510. The number of amides is 2. The monoisotopic (exact) mass is 638 g/mol. The van der Waals surface area contributed by atoms with Gasteiger partial charge in [-0.15, -0.1) is 0 Å². The van der Waals surface area contributed by atoms with E-state index >= 15 is 0 Å². The predicted octanol–water partition coefficient (Wildman–Crippen LogP) is 4.71. The van der Waals surface area contributed by atoms with Gasteiger partial charge in [0.2, 0.25) is 5.43 Å². The summed E-state index contributed by atoms with van der Waals surface area (Å²) in [6, 6.07) is 1.28. The second kappa shape index (κ2) is 11.0. The van der Waals surface area contributed by atoms with Gasteiger partial charge in [0.1, 0.15) is 26.8 Å². The van der Waals surface area contributed by atoms with Crippen LogP contribution in [0, 0.1) is 11.6 Å². The lowest BCUT2D eigenvalue weighted by Crippen LogP contribution is -2.53. The van der Waals surface area contributed by atoms with Gasteiger partial charge in [-0.05, 0) is 41.4 Å². The molecule has 1 spiro atoms. The zero-order valence-corrected chi connectivity index (χ0v) is 24.0. The van der Waals surface area contributed by atoms with E-state index in [1.165, 1.54) is 6.20 Å². The maximum absolute atomic E-state index is 14.4. The zero-order valence-electron chi connectivity index (χ0n) is 21.7. The molecular weight excluding hydrogens is 614 g/mol. The van der Waals surface area contributed by atoms with E-state index in [0.717, 1.165) is 18.6 Å². The van der Waals surface area contributed by atoms with E-state index < -0.39 is 45.5 Å². The van der Waals surface area contributed by atoms with Gasteiger partial charge in [0, 0.05) is 37.3 Å². The Morgan fingerprint density at radius 2 is 2.12 bits per heavy atom. The first-order valence-corrected chi connectivity index (χ1v) is 14.0. The van der Waals surface area contributed by atoms with Crippen molar-refractivity contribution in [2.75, 3.05) is 13.2 Å². The van der Waals surface area contributed by atoms with Crippen LogP contribution in [0.25, 0.3) is 0 Å². The van der Waals surface area contributed by atoms with Gasteiger partial charge >= 0.3 is 0 Å². The van der Waals surface area contributed by atoms with Crippen LogP contribution in [0.5, 0.6) is 5.75 Å². The normalized spacial score (nSPS) is 23.0. The predicted molar refractivity (Wildman–Crippen MR) is 147 cm³/mol. The summed E-state index contributed by atoms with van der Waals surface area (Å²) in [5.74, 6) is -3.42. The molecule has 1 aromatic heterocycles. The van der Waals surface area contributed by atoms with Gasteiger partial charge < -0.3 is 24.4 Å². The molecule has 3 aliphatic heterocycles. The third-order valence-corrected chi connectivity index (χ3v) is 8.13. The highest BCUT2D eigenvalue weighted by Crippen LogP contribution is 2.44. The molecule has 212 valence electrons. The van der Waals surface area contributed by atoms with Crippen molar-refractivity contribution in [2.24, 2.45) is 5.16 Å². The minimum absolute atomic E-state index is 0.0202. The van der Waals surface area contributed by atoms with E-state index in [1.54, 1.807) is 9.47 Å².